The molecule has 1 unspecified atom stereocenters. The number of carbonyl (C=O) groups excluding carboxylic acids is 1. The van der Waals surface area contributed by atoms with Gasteiger partial charge in [-0.2, -0.15) is 13.2 Å². The van der Waals surface area contributed by atoms with E-state index in [0.29, 0.717) is 43.5 Å². The minimum absolute atomic E-state index is 0.0254. The zero-order valence-electron chi connectivity index (χ0n) is 16.9. The fraction of sp³-hybridized carbons (Fsp3) is 0.364. The Bertz CT molecular complexity index is 1060. The van der Waals surface area contributed by atoms with Gasteiger partial charge in [-0.25, -0.2) is 4.98 Å². The SMILES string of the molecule is CC(Sc1nc2cc(C(F)(F)F)ccc2n1Cc1ccccc1)C(=O)N1CCOCC1. The molecule has 0 radical (unpaired) electrons. The third kappa shape index (κ3) is 4.88. The molecule has 1 fully saturated rings. The van der Waals surface area contributed by atoms with Crippen LogP contribution in [0.1, 0.15) is 18.1 Å². The largest absolute Gasteiger partial charge is 0.416 e. The van der Waals surface area contributed by atoms with Crippen molar-refractivity contribution < 1.29 is 22.7 Å². The normalized spacial score (nSPS) is 15.9. The molecule has 164 valence electrons. The Hall–Kier alpha value is -2.52. The number of alkyl halides is 3. The summed E-state index contributed by atoms with van der Waals surface area (Å²) in [5.41, 5.74) is 1.12. The lowest BCUT2D eigenvalue weighted by Gasteiger charge is -2.29. The summed E-state index contributed by atoms with van der Waals surface area (Å²) in [5, 5.41) is 0.0961. The number of carbonyl (C=O) groups is 1. The second-order valence-corrected chi connectivity index (χ2v) is 8.67. The van der Waals surface area contributed by atoms with Gasteiger partial charge in [0.15, 0.2) is 5.16 Å². The highest BCUT2D eigenvalue weighted by Gasteiger charge is 2.31. The lowest BCUT2D eigenvalue weighted by Crippen LogP contribution is -2.44. The van der Waals surface area contributed by atoms with E-state index in [1.807, 2.05) is 34.9 Å². The molecule has 0 spiro atoms. The molecule has 5 nitrogen and oxygen atoms in total. The molecule has 4 rings (SSSR count). The number of ether oxygens (including phenoxy) is 1. The molecule has 1 saturated heterocycles. The summed E-state index contributed by atoms with van der Waals surface area (Å²) in [5.74, 6) is -0.0254. The minimum Gasteiger partial charge on any atom is -0.378 e. The zero-order valence-corrected chi connectivity index (χ0v) is 17.7. The van der Waals surface area contributed by atoms with Crippen molar-refractivity contribution in [2.75, 3.05) is 26.3 Å². The number of aromatic nitrogens is 2. The van der Waals surface area contributed by atoms with Gasteiger partial charge in [-0.15, -0.1) is 0 Å². The van der Waals surface area contributed by atoms with Crippen LogP contribution in [0.2, 0.25) is 0 Å². The van der Waals surface area contributed by atoms with E-state index in [1.54, 1.807) is 11.8 Å². The summed E-state index contributed by atoms with van der Waals surface area (Å²) in [6.45, 7) is 4.35. The highest BCUT2D eigenvalue weighted by atomic mass is 32.2. The molecule has 1 aromatic heterocycles. The second-order valence-electron chi connectivity index (χ2n) is 7.37. The van der Waals surface area contributed by atoms with Gasteiger partial charge < -0.3 is 14.2 Å². The Morgan fingerprint density at radius 2 is 1.87 bits per heavy atom. The highest BCUT2D eigenvalue weighted by Crippen LogP contribution is 2.34. The van der Waals surface area contributed by atoms with Crippen molar-refractivity contribution in [3.8, 4) is 0 Å². The first-order valence-corrected chi connectivity index (χ1v) is 10.9. The van der Waals surface area contributed by atoms with Crippen LogP contribution in [0.4, 0.5) is 13.2 Å². The van der Waals surface area contributed by atoms with E-state index in [0.717, 1.165) is 17.7 Å². The molecular weight excluding hydrogens is 427 g/mol. The fourth-order valence-corrected chi connectivity index (χ4v) is 4.55. The number of benzene rings is 2. The quantitative estimate of drug-likeness (QED) is 0.541. The van der Waals surface area contributed by atoms with E-state index in [4.69, 9.17) is 4.74 Å². The highest BCUT2D eigenvalue weighted by molar-refractivity contribution is 8.00. The molecule has 1 atom stereocenters. The Kier molecular flexibility index (Phi) is 6.24. The average Bonchev–Trinajstić information content (AvgIpc) is 3.10. The van der Waals surface area contributed by atoms with Gasteiger partial charge in [0.1, 0.15) is 0 Å². The van der Waals surface area contributed by atoms with Crippen molar-refractivity contribution >= 4 is 28.7 Å². The standard InChI is InChI=1S/C22H22F3N3O2S/c1-15(20(29)27-9-11-30-12-10-27)31-21-26-18-13-17(22(23,24)25)7-8-19(18)28(21)14-16-5-3-2-4-6-16/h2-8,13,15H,9-12,14H2,1H3. The van der Waals surface area contributed by atoms with Gasteiger partial charge in [0, 0.05) is 13.1 Å². The number of thioether (sulfide) groups is 1. The third-order valence-electron chi connectivity index (χ3n) is 5.18. The summed E-state index contributed by atoms with van der Waals surface area (Å²) in [6.07, 6.45) is -4.44. The topological polar surface area (TPSA) is 47.4 Å². The first-order valence-electron chi connectivity index (χ1n) is 9.97. The van der Waals surface area contributed by atoms with E-state index in [1.165, 1.54) is 17.8 Å². The van der Waals surface area contributed by atoms with Crippen LogP contribution in [-0.4, -0.2) is 51.9 Å². The number of morpholine rings is 1. The van der Waals surface area contributed by atoms with E-state index >= 15 is 0 Å². The van der Waals surface area contributed by atoms with Crippen molar-refractivity contribution in [2.24, 2.45) is 0 Å². The van der Waals surface area contributed by atoms with Gasteiger partial charge >= 0.3 is 6.18 Å². The van der Waals surface area contributed by atoms with Crippen LogP contribution in [0.15, 0.2) is 53.7 Å². The van der Waals surface area contributed by atoms with Crippen LogP contribution in [0.25, 0.3) is 11.0 Å². The van der Waals surface area contributed by atoms with Crippen LogP contribution >= 0.6 is 11.8 Å². The fourth-order valence-electron chi connectivity index (χ4n) is 3.54. The molecule has 1 amide bonds. The van der Waals surface area contributed by atoms with Crippen molar-refractivity contribution in [2.45, 2.75) is 30.1 Å². The number of rotatable bonds is 5. The molecule has 0 N–H and O–H groups in total. The third-order valence-corrected chi connectivity index (χ3v) is 6.25. The maximum absolute atomic E-state index is 13.2. The van der Waals surface area contributed by atoms with E-state index in [2.05, 4.69) is 4.98 Å². The molecule has 2 heterocycles. The summed E-state index contributed by atoms with van der Waals surface area (Å²) in [4.78, 5) is 19.1. The molecule has 1 aliphatic heterocycles. The summed E-state index contributed by atoms with van der Waals surface area (Å²) in [6, 6.07) is 13.2. The van der Waals surface area contributed by atoms with Gasteiger partial charge in [0.2, 0.25) is 5.91 Å². The number of fused-ring (bicyclic) bond motifs is 1. The second kappa shape index (κ2) is 8.92. The molecule has 9 heteroatoms. The van der Waals surface area contributed by atoms with E-state index < -0.39 is 17.0 Å². The summed E-state index contributed by atoms with van der Waals surface area (Å²) >= 11 is 1.27. The number of halogens is 3. The number of amides is 1. The van der Waals surface area contributed by atoms with E-state index in [-0.39, 0.29) is 11.4 Å². The van der Waals surface area contributed by atoms with Crippen molar-refractivity contribution in [1.82, 2.24) is 14.5 Å². The van der Waals surface area contributed by atoms with Crippen molar-refractivity contribution in [3.05, 3.63) is 59.7 Å². The van der Waals surface area contributed by atoms with Crippen LogP contribution in [0.3, 0.4) is 0 Å². The molecule has 2 aromatic carbocycles. The Balaban J connectivity index is 1.68. The first-order chi connectivity index (χ1) is 14.8. The van der Waals surface area contributed by atoms with E-state index in [9.17, 15) is 18.0 Å². The number of nitrogens with zero attached hydrogens (tertiary/aromatic N) is 3. The Morgan fingerprint density at radius 3 is 2.55 bits per heavy atom. The van der Waals surface area contributed by atoms with Gasteiger partial charge in [-0.1, -0.05) is 42.1 Å². The maximum atomic E-state index is 13.2. The minimum atomic E-state index is -4.44. The lowest BCUT2D eigenvalue weighted by atomic mass is 10.2. The summed E-state index contributed by atoms with van der Waals surface area (Å²) in [7, 11) is 0. The number of imidazole rings is 1. The molecule has 3 aromatic rings. The Morgan fingerprint density at radius 1 is 1.16 bits per heavy atom. The average molecular weight is 449 g/mol. The molecular formula is C22H22F3N3O2S. The van der Waals surface area contributed by atoms with Crippen LogP contribution in [0, 0.1) is 0 Å². The molecule has 0 aliphatic carbocycles. The monoisotopic (exact) mass is 449 g/mol. The first kappa shape index (κ1) is 21.7. The lowest BCUT2D eigenvalue weighted by molar-refractivity contribution is -0.137. The van der Waals surface area contributed by atoms with Gasteiger partial charge in [0.25, 0.3) is 0 Å². The number of hydrogen-bond acceptors (Lipinski definition) is 4. The predicted octanol–water partition coefficient (Wildman–Crippen LogP) is 4.44. The van der Waals surface area contributed by atoms with Crippen molar-refractivity contribution in [3.63, 3.8) is 0 Å². The molecule has 0 bridgehead atoms. The zero-order chi connectivity index (χ0) is 22.0. The predicted molar refractivity (Wildman–Crippen MR) is 113 cm³/mol. The molecule has 31 heavy (non-hydrogen) atoms. The maximum Gasteiger partial charge on any atom is 0.416 e. The van der Waals surface area contributed by atoms with Crippen LogP contribution in [0.5, 0.6) is 0 Å². The Labute approximate surface area is 182 Å². The summed E-state index contributed by atoms with van der Waals surface area (Å²) < 4.78 is 46.8. The number of hydrogen-bond donors (Lipinski definition) is 0. The molecule has 1 aliphatic rings. The van der Waals surface area contributed by atoms with Gasteiger partial charge in [-0.3, -0.25) is 4.79 Å². The van der Waals surface area contributed by atoms with Gasteiger partial charge in [0.05, 0.1) is 41.6 Å². The van der Waals surface area contributed by atoms with Gasteiger partial charge in [-0.05, 0) is 30.7 Å². The van der Waals surface area contributed by atoms with Crippen LogP contribution in [-0.2, 0) is 22.3 Å². The smallest absolute Gasteiger partial charge is 0.378 e. The van der Waals surface area contributed by atoms with Crippen LogP contribution < -0.4 is 0 Å². The van der Waals surface area contributed by atoms with Crippen molar-refractivity contribution in [1.29, 1.82) is 0 Å². The molecule has 0 saturated carbocycles.